The Morgan fingerprint density at radius 2 is 1.64 bits per heavy atom. The number of methoxy groups -OCH3 is 1. The van der Waals surface area contributed by atoms with Crippen molar-refractivity contribution in [2.45, 2.75) is 11.1 Å². The SMILES string of the molecule is COc1cc(C(=O)O)ccc1NS(=O)(=O)c1ccc(-c2cccc(-c3ccc(C)cc3)c2)s1. The number of anilines is 1. The molecule has 0 unspecified atom stereocenters. The van der Waals surface area contributed by atoms with Gasteiger partial charge in [0.1, 0.15) is 9.96 Å². The molecule has 0 aliphatic heterocycles. The molecule has 0 bridgehead atoms. The quantitative estimate of drug-likeness (QED) is 0.344. The van der Waals surface area contributed by atoms with Gasteiger partial charge in [0.15, 0.2) is 0 Å². The molecule has 1 aromatic heterocycles. The lowest BCUT2D eigenvalue weighted by atomic mass is 10.0. The zero-order valence-corrected chi connectivity index (χ0v) is 19.5. The van der Waals surface area contributed by atoms with Crippen LogP contribution in [0.15, 0.2) is 83.1 Å². The Morgan fingerprint density at radius 3 is 2.33 bits per heavy atom. The van der Waals surface area contributed by atoms with Crippen LogP contribution in [0.3, 0.4) is 0 Å². The molecular formula is C25H21NO5S2. The third-order valence-electron chi connectivity index (χ3n) is 5.07. The smallest absolute Gasteiger partial charge is 0.335 e. The van der Waals surface area contributed by atoms with E-state index >= 15 is 0 Å². The lowest BCUT2D eigenvalue weighted by molar-refractivity contribution is 0.0696. The van der Waals surface area contributed by atoms with Gasteiger partial charge < -0.3 is 9.84 Å². The maximum Gasteiger partial charge on any atom is 0.335 e. The van der Waals surface area contributed by atoms with Gasteiger partial charge in [-0.2, -0.15) is 0 Å². The van der Waals surface area contributed by atoms with Gasteiger partial charge in [-0.3, -0.25) is 4.72 Å². The van der Waals surface area contributed by atoms with E-state index in [9.17, 15) is 13.2 Å². The number of sulfonamides is 1. The molecule has 0 aliphatic rings. The summed E-state index contributed by atoms with van der Waals surface area (Å²) in [4.78, 5) is 12.0. The van der Waals surface area contributed by atoms with Gasteiger partial charge in [-0.15, -0.1) is 11.3 Å². The second-order valence-electron chi connectivity index (χ2n) is 7.39. The molecular weight excluding hydrogens is 458 g/mol. The highest BCUT2D eigenvalue weighted by Gasteiger charge is 2.20. The molecule has 4 rings (SSSR count). The van der Waals surface area contributed by atoms with Crippen LogP contribution in [-0.4, -0.2) is 26.6 Å². The van der Waals surface area contributed by atoms with Crippen LogP contribution in [0.5, 0.6) is 5.75 Å². The lowest BCUT2D eigenvalue weighted by Crippen LogP contribution is -2.12. The molecule has 33 heavy (non-hydrogen) atoms. The summed E-state index contributed by atoms with van der Waals surface area (Å²) in [6, 6.07) is 23.5. The number of ether oxygens (including phenoxy) is 1. The summed E-state index contributed by atoms with van der Waals surface area (Å²) in [7, 11) is -2.54. The minimum Gasteiger partial charge on any atom is -0.495 e. The molecule has 0 aliphatic carbocycles. The van der Waals surface area contributed by atoms with Crippen molar-refractivity contribution in [1.82, 2.24) is 0 Å². The number of carbonyl (C=O) groups is 1. The van der Waals surface area contributed by atoms with Crippen molar-refractivity contribution in [3.63, 3.8) is 0 Å². The Hall–Kier alpha value is -3.62. The van der Waals surface area contributed by atoms with Crippen LogP contribution in [0.1, 0.15) is 15.9 Å². The molecule has 2 N–H and O–H groups in total. The number of thiophene rings is 1. The first kappa shape index (κ1) is 22.6. The maximum atomic E-state index is 13.0. The predicted molar refractivity (Wildman–Crippen MR) is 131 cm³/mol. The number of carboxylic acids is 1. The topological polar surface area (TPSA) is 92.7 Å². The van der Waals surface area contributed by atoms with E-state index in [4.69, 9.17) is 9.84 Å². The first-order chi connectivity index (χ1) is 15.8. The highest BCUT2D eigenvalue weighted by molar-refractivity contribution is 7.94. The average Bonchev–Trinajstić information content (AvgIpc) is 3.31. The molecule has 0 saturated carbocycles. The van der Waals surface area contributed by atoms with E-state index in [2.05, 4.69) is 29.0 Å². The number of carboxylic acid groups (broad SMARTS) is 1. The lowest BCUT2D eigenvalue weighted by Gasteiger charge is -2.11. The van der Waals surface area contributed by atoms with E-state index in [1.54, 1.807) is 12.1 Å². The van der Waals surface area contributed by atoms with Crippen LogP contribution >= 0.6 is 11.3 Å². The molecule has 0 amide bonds. The second-order valence-corrected chi connectivity index (χ2v) is 10.4. The van der Waals surface area contributed by atoms with Crippen molar-refractivity contribution in [1.29, 1.82) is 0 Å². The van der Waals surface area contributed by atoms with Crippen LogP contribution in [0.25, 0.3) is 21.6 Å². The summed E-state index contributed by atoms with van der Waals surface area (Å²) in [5.41, 5.74) is 4.41. The Morgan fingerprint density at radius 1 is 0.909 bits per heavy atom. The van der Waals surface area contributed by atoms with Gasteiger partial charge in [0, 0.05) is 4.88 Å². The minimum absolute atomic E-state index is 0.00154. The molecule has 0 atom stereocenters. The number of rotatable bonds is 7. The van der Waals surface area contributed by atoms with Gasteiger partial charge in [0.25, 0.3) is 10.0 Å². The molecule has 6 nitrogen and oxygen atoms in total. The van der Waals surface area contributed by atoms with Gasteiger partial charge >= 0.3 is 5.97 Å². The summed E-state index contributed by atoms with van der Waals surface area (Å²) in [5.74, 6) is -1.00. The molecule has 0 radical (unpaired) electrons. The average molecular weight is 480 g/mol. The van der Waals surface area contributed by atoms with E-state index in [0.29, 0.717) is 0 Å². The van der Waals surface area contributed by atoms with E-state index in [-0.39, 0.29) is 21.2 Å². The molecule has 8 heteroatoms. The van der Waals surface area contributed by atoms with Crippen molar-refractivity contribution in [2.75, 3.05) is 11.8 Å². The summed E-state index contributed by atoms with van der Waals surface area (Å²) < 4.78 is 33.8. The number of benzene rings is 3. The number of aryl methyl sites for hydroxylation is 1. The summed E-state index contributed by atoms with van der Waals surface area (Å²) in [6.07, 6.45) is 0. The Labute approximate surface area is 196 Å². The second kappa shape index (κ2) is 9.09. The molecule has 0 saturated heterocycles. The zero-order valence-electron chi connectivity index (χ0n) is 17.9. The van der Waals surface area contributed by atoms with Crippen LogP contribution in [0.2, 0.25) is 0 Å². The van der Waals surface area contributed by atoms with Gasteiger partial charge in [-0.25, -0.2) is 13.2 Å². The van der Waals surface area contributed by atoms with Gasteiger partial charge in [-0.1, -0.05) is 48.0 Å². The summed E-state index contributed by atoms with van der Waals surface area (Å²) >= 11 is 1.15. The molecule has 1 heterocycles. The standard InChI is InChI=1S/C25H21NO5S2/c1-16-6-8-17(9-7-16)18-4-3-5-19(14-18)23-12-13-24(32-23)33(29,30)26-21-11-10-20(25(27)28)15-22(21)31-2/h3-15,26H,1-2H3,(H,27,28). The van der Waals surface area contributed by atoms with Gasteiger partial charge in [0.05, 0.1) is 18.4 Å². The monoisotopic (exact) mass is 479 g/mol. The van der Waals surface area contributed by atoms with Crippen molar-refractivity contribution in [3.8, 4) is 27.3 Å². The van der Waals surface area contributed by atoms with Crippen molar-refractivity contribution in [3.05, 3.63) is 90.0 Å². The van der Waals surface area contributed by atoms with Crippen LogP contribution < -0.4 is 9.46 Å². The third kappa shape index (κ3) is 4.92. The fraction of sp³-hybridized carbons (Fsp3) is 0.0800. The van der Waals surface area contributed by atoms with Crippen LogP contribution in [0, 0.1) is 6.92 Å². The predicted octanol–water partition coefficient (Wildman–Crippen LogP) is 5.90. The third-order valence-corrected chi connectivity index (χ3v) is 8.06. The fourth-order valence-electron chi connectivity index (χ4n) is 3.32. The number of nitrogens with one attached hydrogen (secondary N) is 1. The van der Waals surface area contributed by atoms with Gasteiger partial charge in [0.2, 0.25) is 0 Å². The molecule has 0 spiro atoms. The van der Waals surface area contributed by atoms with Gasteiger partial charge in [-0.05, 0) is 60.0 Å². The summed E-state index contributed by atoms with van der Waals surface area (Å²) in [5, 5.41) is 9.13. The van der Waals surface area contributed by atoms with E-state index in [1.165, 1.54) is 30.9 Å². The minimum atomic E-state index is -3.89. The Kier molecular flexibility index (Phi) is 6.22. The number of hydrogen-bond acceptors (Lipinski definition) is 5. The van der Waals surface area contributed by atoms with Crippen LogP contribution in [0.4, 0.5) is 5.69 Å². The first-order valence-electron chi connectivity index (χ1n) is 9.98. The Bertz CT molecular complexity index is 1420. The normalized spacial score (nSPS) is 11.2. The first-order valence-corrected chi connectivity index (χ1v) is 12.3. The molecule has 4 aromatic rings. The van der Waals surface area contributed by atoms with E-state index in [1.807, 2.05) is 31.2 Å². The highest BCUT2D eigenvalue weighted by Crippen LogP contribution is 2.35. The van der Waals surface area contributed by atoms with Crippen LogP contribution in [-0.2, 0) is 10.0 Å². The van der Waals surface area contributed by atoms with E-state index < -0.39 is 16.0 Å². The molecule has 0 fully saturated rings. The van der Waals surface area contributed by atoms with Crippen molar-refractivity contribution >= 4 is 33.0 Å². The largest absolute Gasteiger partial charge is 0.495 e. The maximum absolute atomic E-state index is 13.0. The Balaban J connectivity index is 1.61. The van der Waals surface area contributed by atoms with E-state index in [0.717, 1.165) is 32.9 Å². The number of hydrogen-bond donors (Lipinski definition) is 2. The zero-order chi connectivity index (χ0) is 23.6. The number of aromatic carboxylic acids is 1. The highest BCUT2D eigenvalue weighted by atomic mass is 32.2. The van der Waals surface area contributed by atoms with Crippen molar-refractivity contribution in [2.24, 2.45) is 0 Å². The molecule has 168 valence electrons. The fourth-order valence-corrected chi connectivity index (χ4v) is 5.69. The van der Waals surface area contributed by atoms with Crippen molar-refractivity contribution < 1.29 is 23.1 Å². The summed E-state index contributed by atoms with van der Waals surface area (Å²) in [6.45, 7) is 2.04. The molecule has 3 aromatic carbocycles.